The molecule has 0 spiro atoms. The lowest BCUT2D eigenvalue weighted by Gasteiger charge is -2.02. The summed E-state index contributed by atoms with van der Waals surface area (Å²) in [6, 6.07) is 14.3. The number of hydrogen-bond donors (Lipinski definition) is 0. The second kappa shape index (κ2) is 6.62. The molecule has 0 aliphatic rings. The van der Waals surface area contributed by atoms with E-state index in [-0.39, 0.29) is 12.5 Å². The van der Waals surface area contributed by atoms with Crippen molar-refractivity contribution in [3.05, 3.63) is 70.6 Å². The minimum absolute atomic E-state index is 0.0931. The molecule has 0 saturated heterocycles. The van der Waals surface area contributed by atoms with Gasteiger partial charge in [0.2, 0.25) is 5.82 Å². The summed E-state index contributed by atoms with van der Waals surface area (Å²) in [5.41, 5.74) is 2.21. The Balaban J connectivity index is 1.67. The molecule has 3 rings (SSSR count). The molecular weight excluding hydrogens is 316 g/mol. The normalized spacial score (nSPS) is 10.5. The van der Waals surface area contributed by atoms with E-state index >= 15 is 0 Å². The molecule has 3 aromatic rings. The van der Waals surface area contributed by atoms with Gasteiger partial charge in [0.25, 0.3) is 5.89 Å². The number of aromatic nitrogens is 2. The molecule has 1 heterocycles. The molecule has 0 bridgehead atoms. The monoisotopic (exact) mass is 328 g/mol. The van der Waals surface area contributed by atoms with Crippen LogP contribution in [0.15, 0.2) is 53.1 Å². The zero-order chi connectivity index (χ0) is 16.2. The van der Waals surface area contributed by atoms with Crippen LogP contribution in [0.5, 0.6) is 0 Å². The van der Waals surface area contributed by atoms with E-state index in [4.69, 9.17) is 20.9 Å². The summed E-state index contributed by atoms with van der Waals surface area (Å²) < 4.78 is 10.2. The fourth-order valence-electron chi connectivity index (χ4n) is 1.97. The maximum Gasteiger partial charge on any atom is 0.338 e. The molecule has 23 heavy (non-hydrogen) atoms. The second-order valence-electron chi connectivity index (χ2n) is 4.93. The van der Waals surface area contributed by atoms with Gasteiger partial charge in [0.1, 0.15) is 0 Å². The van der Waals surface area contributed by atoms with Gasteiger partial charge in [0.05, 0.1) is 10.6 Å². The molecule has 0 radical (unpaired) electrons. The summed E-state index contributed by atoms with van der Waals surface area (Å²) in [5, 5.41) is 4.37. The van der Waals surface area contributed by atoms with Gasteiger partial charge in [0.15, 0.2) is 6.61 Å². The second-order valence-corrected chi connectivity index (χ2v) is 5.34. The number of rotatable bonds is 4. The molecule has 0 amide bonds. The number of halogens is 1. The van der Waals surface area contributed by atoms with Crippen LogP contribution in [0.2, 0.25) is 5.02 Å². The first kappa shape index (κ1) is 15.2. The van der Waals surface area contributed by atoms with Crippen LogP contribution >= 0.6 is 11.6 Å². The highest BCUT2D eigenvalue weighted by Gasteiger charge is 2.13. The van der Waals surface area contributed by atoms with Crippen molar-refractivity contribution in [3.8, 4) is 11.4 Å². The Hall–Kier alpha value is -2.66. The van der Waals surface area contributed by atoms with Crippen molar-refractivity contribution in [1.29, 1.82) is 0 Å². The highest BCUT2D eigenvalue weighted by Crippen LogP contribution is 2.24. The number of carbonyl (C=O) groups is 1. The van der Waals surface area contributed by atoms with E-state index in [0.717, 1.165) is 5.56 Å². The average molecular weight is 329 g/mol. The van der Waals surface area contributed by atoms with Gasteiger partial charge < -0.3 is 9.26 Å². The Morgan fingerprint density at radius 3 is 2.65 bits per heavy atom. The lowest BCUT2D eigenvalue weighted by atomic mass is 10.1. The zero-order valence-electron chi connectivity index (χ0n) is 12.3. The van der Waals surface area contributed by atoms with Gasteiger partial charge in [0, 0.05) is 5.56 Å². The van der Waals surface area contributed by atoms with Crippen LogP contribution in [0.4, 0.5) is 0 Å². The number of benzene rings is 2. The highest BCUT2D eigenvalue weighted by atomic mass is 35.5. The van der Waals surface area contributed by atoms with Gasteiger partial charge in [-0.25, -0.2) is 4.79 Å². The highest BCUT2D eigenvalue weighted by molar-refractivity contribution is 6.33. The number of carbonyl (C=O) groups excluding carboxylic acids is 1. The predicted octanol–water partition coefficient (Wildman–Crippen LogP) is 4.06. The molecule has 6 heteroatoms. The fourth-order valence-corrected chi connectivity index (χ4v) is 2.19. The van der Waals surface area contributed by atoms with Crippen molar-refractivity contribution in [2.75, 3.05) is 0 Å². The van der Waals surface area contributed by atoms with Crippen molar-refractivity contribution in [3.63, 3.8) is 0 Å². The Bertz CT molecular complexity index is 828. The van der Waals surface area contributed by atoms with Crippen LogP contribution in [-0.4, -0.2) is 16.1 Å². The Morgan fingerprint density at radius 1 is 1.17 bits per heavy atom. The summed E-state index contributed by atoms with van der Waals surface area (Å²) in [7, 11) is 0. The zero-order valence-corrected chi connectivity index (χ0v) is 13.1. The van der Waals surface area contributed by atoms with Crippen LogP contribution in [0.3, 0.4) is 0 Å². The molecule has 116 valence electrons. The third-order valence-corrected chi connectivity index (χ3v) is 3.53. The van der Waals surface area contributed by atoms with Gasteiger partial charge in [-0.05, 0) is 31.2 Å². The number of nitrogens with zero attached hydrogens (tertiary/aromatic N) is 2. The molecule has 0 unspecified atom stereocenters. The largest absolute Gasteiger partial charge is 0.452 e. The number of aryl methyl sites for hydroxylation is 1. The predicted molar refractivity (Wildman–Crippen MR) is 85.0 cm³/mol. The van der Waals surface area contributed by atoms with Crippen molar-refractivity contribution in [2.24, 2.45) is 0 Å². The number of hydrogen-bond acceptors (Lipinski definition) is 5. The van der Waals surface area contributed by atoms with Crippen molar-refractivity contribution < 1.29 is 14.1 Å². The first-order valence-corrected chi connectivity index (χ1v) is 7.32. The van der Waals surface area contributed by atoms with E-state index in [9.17, 15) is 4.79 Å². The molecule has 1 aromatic heterocycles. The smallest absolute Gasteiger partial charge is 0.338 e. The summed E-state index contributed by atoms with van der Waals surface area (Å²) in [6.07, 6.45) is 0. The summed E-state index contributed by atoms with van der Waals surface area (Å²) in [4.78, 5) is 16.1. The number of esters is 1. The van der Waals surface area contributed by atoms with E-state index < -0.39 is 5.97 Å². The fraction of sp³-hybridized carbons (Fsp3) is 0.118. The molecule has 0 fully saturated rings. The minimum atomic E-state index is -0.442. The lowest BCUT2D eigenvalue weighted by Crippen LogP contribution is -2.05. The first-order chi connectivity index (χ1) is 11.1. The van der Waals surface area contributed by atoms with E-state index in [1.165, 1.54) is 0 Å². The Kier molecular flexibility index (Phi) is 4.39. The maximum atomic E-state index is 11.9. The van der Waals surface area contributed by atoms with E-state index in [2.05, 4.69) is 10.1 Å². The molecule has 0 aliphatic heterocycles. The van der Waals surface area contributed by atoms with Crippen molar-refractivity contribution >= 4 is 17.6 Å². The van der Waals surface area contributed by atoms with E-state index in [1.807, 2.05) is 31.2 Å². The van der Waals surface area contributed by atoms with E-state index in [1.54, 1.807) is 24.3 Å². The van der Waals surface area contributed by atoms with Gasteiger partial charge >= 0.3 is 5.97 Å². The minimum Gasteiger partial charge on any atom is -0.452 e. The van der Waals surface area contributed by atoms with Crippen LogP contribution in [0.1, 0.15) is 21.8 Å². The quantitative estimate of drug-likeness (QED) is 0.676. The lowest BCUT2D eigenvalue weighted by molar-refractivity contribution is 0.0430. The molecule has 5 nitrogen and oxygen atoms in total. The third kappa shape index (κ3) is 3.57. The SMILES string of the molecule is Cc1ccc(C(=O)OCc2nc(-c3ccccc3Cl)no2)cc1. The summed E-state index contributed by atoms with van der Waals surface area (Å²) >= 11 is 6.08. The average Bonchev–Trinajstić information content (AvgIpc) is 3.02. The summed E-state index contributed by atoms with van der Waals surface area (Å²) in [6.45, 7) is 1.86. The van der Waals surface area contributed by atoms with Gasteiger partial charge in [-0.15, -0.1) is 0 Å². The third-order valence-electron chi connectivity index (χ3n) is 3.20. The van der Waals surface area contributed by atoms with Crippen LogP contribution in [0, 0.1) is 6.92 Å². The van der Waals surface area contributed by atoms with Crippen molar-refractivity contribution in [2.45, 2.75) is 13.5 Å². The molecule has 0 aliphatic carbocycles. The van der Waals surface area contributed by atoms with Crippen LogP contribution in [-0.2, 0) is 11.3 Å². The Morgan fingerprint density at radius 2 is 1.91 bits per heavy atom. The maximum absolute atomic E-state index is 11.9. The van der Waals surface area contributed by atoms with Crippen molar-refractivity contribution in [1.82, 2.24) is 10.1 Å². The van der Waals surface area contributed by atoms with E-state index in [0.29, 0.717) is 22.0 Å². The van der Waals surface area contributed by atoms with Crippen LogP contribution in [0.25, 0.3) is 11.4 Å². The van der Waals surface area contributed by atoms with Gasteiger partial charge in [-0.3, -0.25) is 0 Å². The molecule has 0 N–H and O–H groups in total. The molecule has 0 saturated carbocycles. The van der Waals surface area contributed by atoms with Gasteiger partial charge in [-0.2, -0.15) is 4.98 Å². The molecule has 2 aromatic carbocycles. The first-order valence-electron chi connectivity index (χ1n) is 6.95. The topological polar surface area (TPSA) is 65.2 Å². The molecular formula is C17H13ClN2O3. The summed E-state index contributed by atoms with van der Waals surface area (Å²) in [5.74, 6) is 0.125. The van der Waals surface area contributed by atoms with Gasteiger partial charge in [-0.1, -0.05) is 46.6 Å². The number of ether oxygens (including phenoxy) is 1. The standard InChI is InChI=1S/C17H13ClN2O3/c1-11-6-8-12(9-7-11)17(21)22-10-15-19-16(20-23-15)13-4-2-3-5-14(13)18/h2-9H,10H2,1H3. The van der Waals surface area contributed by atoms with Crippen LogP contribution < -0.4 is 0 Å². The Labute approximate surface area is 137 Å². The molecule has 0 atom stereocenters.